The largest absolute Gasteiger partial charge is 0.483 e. The van der Waals surface area contributed by atoms with Crippen molar-refractivity contribution < 1.29 is 14.7 Å². The van der Waals surface area contributed by atoms with Crippen LogP contribution < -0.4 is 0 Å². The Balaban J connectivity index is 0.000000646. The van der Waals surface area contributed by atoms with E-state index < -0.39 is 0 Å². The number of para-hydroxylation sites is 1. The minimum Gasteiger partial charge on any atom is -0.483 e. The molecule has 162 valence electrons. The Morgan fingerprint density at radius 2 is 2.00 bits per heavy atom. The van der Waals surface area contributed by atoms with Gasteiger partial charge in [-0.1, -0.05) is 12.1 Å². The molecule has 8 heteroatoms. The lowest BCUT2D eigenvalue weighted by Gasteiger charge is -2.33. The molecule has 3 aliphatic rings. The Kier molecular flexibility index (Phi) is 5.00. The number of carbonyl (C=O) groups is 2. The summed E-state index contributed by atoms with van der Waals surface area (Å²) in [6.07, 6.45) is 7.05. The van der Waals surface area contributed by atoms with Crippen molar-refractivity contribution in [1.82, 2.24) is 24.6 Å². The summed E-state index contributed by atoms with van der Waals surface area (Å²) >= 11 is 0. The topological polar surface area (TPSA) is 104 Å². The Labute approximate surface area is 180 Å². The maximum atomic E-state index is 13.5. The van der Waals surface area contributed by atoms with Gasteiger partial charge in [-0.15, -0.1) is 0 Å². The molecule has 1 aliphatic heterocycles. The van der Waals surface area contributed by atoms with Crippen molar-refractivity contribution in [2.75, 3.05) is 6.54 Å². The first kappa shape index (κ1) is 19.8. The lowest BCUT2D eigenvalue weighted by molar-refractivity contribution is -0.122. The highest BCUT2D eigenvalue weighted by Gasteiger charge is 2.35. The van der Waals surface area contributed by atoms with E-state index >= 15 is 0 Å². The van der Waals surface area contributed by atoms with Gasteiger partial charge in [-0.2, -0.15) is 5.10 Å². The van der Waals surface area contributed by atoms with E-state index in [0.29, 0.717) is 12.5 Å². The molecule has 31 heavy (non-hydrogen) atoms. The van der Waals surface area contributed by atoms with Crippen LogP contribution >= 0.6 is 0 Å². The van der Waals surface area contributed by atoms with Gasteiger partial charge < -0.3 is 15.0 Å². The first-order chi connectivity index (χ1) is 15.1. The SMILES string of the molecule is C[C@@H]1c2nc(C3CC3)nn2CCN1C(=O)c1cccc2c3c([nH]c12)CCCC3.O=CO. The molecule has 0 saturated heterocycles. The standard InChI is InChI=1S/C22H25N5O.CH2O2/c1-13-21-24-20(14-9-10-14)25-27(21)12-11-26(13)22(28)17-7-4-6-16-15-5-2-3-8-18(15)23-19(16)17;2-1-3/h4,6-7,13-14,23H,2-3,5,8-12H2,1H3;1H,(H,2,3)/t13-;/m1./s1. The predicted molar refractivity (Wildman–Crippen MR) is 115 cm³/mol. The molecule has 1 aromatic carbocycles. The maximum Gasteiger partial charge on any atom is 0.290 e. The van der Waals surface area contributed by atoms with Crippen molar-refractivity contribution in [3.8, 4) is 0 Å². The van der Waals surface area contributed by atoms with Gasteiger partial charge in [-0.25, -0.2) is 9.67 Å². The van der Waals surface area contributed by atoms with E-state index in [4.69, 9.17) is 14.9 Å². The van der Waals surface area contributed by atoms with Crippen LogP contribution in [0.4, 0.5) is 0 Å². The van der Waals surface area contributed by atoms with Crippen LogP contribution in [-0.2, 0) is 24.2 Å². The van der Waals surface area contributed by atoms with E-state index in [2.05, 4.69) is 23.1 Å². The second kappa shape index (κ2) is 7.83. The number of carbonyl (C=O) groups excluding carboxylic acids is 1. The number of hydrogen-bond donors (Lipinski definition) is 2. The first-order valence-corrected chi connectivity index (χ1v) is 11.1. The van der Waals surface area contributed by atoms with Gasteiger partial charge in [0.1, 0.15) is 5.82 Å². The molecule has 2 aromatic heterocycles. The van der Waals surface area contributed by atoms with Crippen LogP contribution in [0.15, 0.2) is 18.2 Å². The van der Waals surface area contributed by atoms with E-state index in [9.17, 15) is 4.79 Å². The lowest BCUT2D eigenvalue weighted by atomic mass is 9.95. The number of aromatic amines is 1. The van der Waals surface area contributed by atoms with Gasteiger partial charge in [0.2, 0.25) is 0 Å². The van der Waals surface area contributed by atoms with Gasteiger partial charge >= 0.3 is 0 Å². The molecule has 6 rings (SSSR count). The van der Waals surface area contributed by atoms with E-state index in [1.54, 1.807) is 0 Å². The number of amides is 1. The number of aromatic nitrogens is 4. The first-order valence-electron chi connectivity index (χ1n) is 11.1. The van der Waals surface area contributed by atoms with Gasteiger partial charge in [-0.05, 0) is 57.1 Å². The van der Waals surface area contributed by atoms with Crippen molar-refractivity contribution in [3.05, 3.63) is 46.7 Å². The Morgan fingerprint density at radius 1 is 1.23 bits per heavy atom. The maximum absolute atomic E-state index is 13.5. The van der Waals surface area contributed by atoms with Crippen LogP contribution in [0.2, 0.25) is 0 Å². The number of nitrogens with one attached hydrogen (secondary N) is 1. The lowest BCUT2D eigenvalue weighted by Crippen LogP contribution is -2.41. The fraction of sp³-hybridized carbons (Fsp3) is 0.478. The summed E-state index contributed by atoms with van der Waals surface area (Å²) in [5.74, 6) is 2.53. The highest BCUT2D eigenvalue weighted by atomic mass is 16.3. The molecule has 2 aliphatic carbocycles. The molecule has 0 unspecified atom stereocenters. The van der Waals surface area contributed by atoms with E-state index in [1.165, 1.54) is 42.3 Å². The second-order valence-corrected chi connectivity index (χ2v) is 8.62. The van der Waals surface area contributed by atoms with Crippen LogP contribution in [0, 0.1) is 0 Å². The van der Waals surface area contributed by atoms with Crippen molar-refractivity contribution in [1.29, 1.82) is 0 Å². The van der Waals surface area contributed by atoms with Gasteiger partial charge in [-0.3, -0.25) is 9.59 Å². The number of fused-ring (bicyclic) bond motifs is 4. The van der Waals surface area contributed by atoms with Crippen molar-refractivity contribution >= 4 is 23.3 Å². The number of rotatable bonds is 2. The summed E-state index contributed by atoms with van der Waals surface area (Å²) in [7, 11) is 0. The third-order valence-electron chi connectivity index (χ3n) is 6.68. The van der Waals surface area contributed by atoms with Crippen LogP contribution in [0.1, 0.15) is 77.8 Å². The summed E-state index contributed by atoms with van der Waals surface area (Å²) < 4.78 is 2.01. The molecule has 1 saturated carbocycles. The third kappa shape index (κ3) is 3.40. The molecular formula is C23H27N5O3. The second-order valence-electron chi connectivity index (χ2n) is 8.62. The normalized spacial score (nSPS) is 19.9. The highest BCUT2D eigenvalue weighted by Crippen LogP contribution is 2.39. The van der Waals surface area contributed by atoms with Crippen molar-refractivity contribution in [2.45, 2.75) is 64.0 Å². The van der Waals surface area contributed by atoms with E-state index in [1.807, 2.05) is 21.7 Å². The summed E-state index contributed by atoms with van der Waals surface area (Å²) in [4.78, 5) is 32.2. The molecule has 1 atom stereocenters. The van der Waals surface area contributed by atoms with Crippen LogP contribution in [0.3, 0.4) is 0 Å². The predicted octanol–water partition coefficient (Wildman–Crippen LogP) is 3.43. The number of benzene rings is 1. The molecule has 1 amide bonds. The number of nitrogens with zero attached hydrogens (tertiary/aromatic N) is 4. The van der Waals surface area contributed by atoms with Gasteiger partial charge in [0.25, 0.3) is 12.4 Å². The molecule has 0 spiro atoms. The summed E-state index contributed by atoms with van der Waals surface area (Å²) in [6.45, 7) is 3.23. The zero-order valence-corrected chi connectivity index (χ0v) is 17.7. The molecular weight excluding hydrogens is 394 g/mol. The number of H-pyrrole nitrogens is 1. The molecule has 0 radical (unpaired) electrons. The quantitative estimate of drug-likeness (QED) is 0.617. The molecule has 3 aromatic rings. The zero-order valence-electron chi connectivity index (χ0n) is 17.7. The molecule has 0 bridgehead atoms. The average molecular weight is 422 g/mol. The molecule has 8 nitrogen and oxygen atoms in total. The molecule has 3 heterocycles. The monoisotopic (exact) mass is 421 g/mol. The van der Waals surface area contributed by atoms with Gasteiger partial charge in [0.05, 0.1) is 23.7 Å². The summed E-state index contributed by atoms with van der Waals surface area (Å²) in [5.41, 5.74) is 4.53. The zero-order chi connectivity index (χ0) is 21.5. The number of aryl methyl sites for hydroxylation is 2. The Morgan fingerprint density at radius 3 is 2.77 bits per heavy atom. The number of hydrogen-bond acceptors (Lipinski definition) is 4. The number of carboxylic acid groups (broad SMARTS) is 1. The van der Waals surface area contributed by atoms with Gasteiger partial charge in [0, 0.05) is 23.5 Å². The highest BCUT2D eigenvalue weighted by molar-refractivity contribution is 6.07. The Bertz CT molecular complexity index is 1140. The van der Waals surface area contributed by atoms with Gasteiger partial charge in [0.15, 0.2) is 5.82 Å². The fourth-order valence-electron chi connectivity index (χ4n) is 4.94. The van der Waals surface area contributed by atoms with Crippen molar-refractivity contribution in [3.63, 3.8) is 0 Å². The average Bonchev–Trinajstić information content (AvgIpc) is 3.42. The fourth-order valence-corrected chi connectivity index (χ4v) is 4.94. The smallest absolute Gasteiger partial charge is 0.290 e. The third-order valence-corrected chi connectivity index (χ3v) is 6.68. The summed E-state index contributed by atoms with van der Waals surface area (Å²) in [5, 5.41) is 12.8. The Hall–Kier alpha value is -3.16. The van der Waals surface area contributed by atoms with Crippen LogP contribution in [0.5, 0.6) is 0 Å². The molecule has 2 N–H and O–H groups in total. The minimum atomic E-state index is -0.250. The summed E-state index contributed by atoms with van der Waals surface area (Å²) in [6, 6.07) is 6.10. The molecule has 1 fully saturated rings. The van der Waals surface area contributed by atoms with E-state index in [0.717, 1.165) is 42.1 Å². The van der Waals surface area contributed by atoms with Crippen LogP contribution in [-0.4, -0.2) is 48.7 Å². The van der Waals surface area contributed by atoms with Crippen molar-refractivity contribution in [2.24, 2.45) is 0 Å². The van der Waals surface area contributed by atoms with Crippen LogP contribution in [0.25, 0.3) is 10.9 Å². The minimum absolute atomic E-state index is 0.0545. The van der Waals surface area contributed by atoms with E-state index in [-0.39, 0.29) is 18.4 Å².